The molecule has 2 aromatic heterocycles. The third-order valence-electron chi connectivity index (χ3n) is 6.16. The number of carbonyl (C=O) groups excluding carboxylic acids is 1. The Bertz CT molecular complexity index is 1120. The summed E-state index contributed by atoms with van der Waals surface area (Å²) in [6, 6.07) is 9.40. The molecule has 0 unspecified atom stereocenters. The lowest BCUT2D eigenvalue weighted by Crippen LogP contribution is -2.57. The van der Waals surface area contributed by atoms with Gasteiger partial charge < -0.3 is 14.8 Å². The van der Waals surface area contributed by atoms with Crippen LogP contribution in [-0.2, 0) is 11.2 Å². The summed E-state index contributed by atoms with van der Waals surface area (Å²) in [5, 5.41) is 10.0. The molecule has 0 radical (unpaired) electrons. The van der Waals surface area contributed by atoms with E-state index in [2.05, 4.69) is 37.7 Å². The van der Waals surface area contributed by atoms with Crippen molar-refractivity contribution in [3.63, 3.8) is 0 Å². The Hall–Kier alpha value is -3.40. The van der Waals surface area contributed by atoms with Crippen molar-refractivity contribution >= 4 is 22.8 Å². The zero-order valence-electron chi connectivity index (χ0n) is 16.4. The number of hydrogen-bond donors (Lipinski definition) is 1. The van der Waals surface area contributed by atoms with Crippen LogP contribution in [0.2, 0.25) is 0 Å². The van der Waals surface area contributed by atoms with Crippen LogP contribution in [0.15, 0.2) is 36.8 Å². The van der Waals surface area contributed by atoms with E-state index in [1.165, 1.54) is 0 Å². The molecular weight excluding hydrogens is 364 g/mol. The molecular formula is C22H22N6O. The topological polar surface area (TPSA) is 88.9 Å². The van der Waals surface area contributed by atoms with Gasteiger partial charge in [0.25, 0.3) is 0 Å². The summed E-state index contributed by atoms with van der Waals surface area (Å²) in [5.41, 5.74) is 3.48. The van der Waals surface area contributed by atoms with Crippen molar-refractivity contribution < 1.29 is 4.79 Å². The Morgan fingerprint density at radius 2 is 2.03 bits per heavy atom. The van der Waals surface area contributed by atoms with Gasteiger partial charge in [-0.25, -0.2) is 9.97 Å². The molecule has 29 heavy (non-hydrogen) atoms. The fraction of sp³-hybridized carbons (Fsp3) is 0.364. The summed E-state index contributed by atoms with van der Waals surface area (Å²) in [6.45, 7) is 4.33. The van der Waals surface area contributed by atoms with E-state index in [0.717, 1.165) is 53.9 Å². The quantitative estimate of drug-likeness (QED) is 0.747. The third-order valence-corrected chi connectivity index (χ3v) is 6.16. The summed E-state index contributed by atoms with van der Waals surface area (Å²) in [4.78, 5) is 29.6. The Kier molecular flexibility index (Phi) is 4.02. The minimum atomic E-state index is -0.0799. The van der Waals surface area contributed by atoms with E-state index in [1.807, 2.05) is 18.3 Å². The molecule has 3 aromatic rings. The third kappa shape index (κ3) is 3.01. The molecule has 146 valence electrons. The van der Waals surface area contributed by atoms with E-state index < -0.39 is 0 Å². The fourth-order valence-corrected chi connectivity index (χ4v) is 4.42. The maximum absolute atomic E-state index is 13.1. The maximum atomic E-state index is 13.1. The number of nitrogens with zero attached hydrogens (tertiary/aromatic N) is 5. The van der Waals surface area contributed by atoms with Crippen molar-refractivity contribution in [1.29, 1.82) is 5.26 Å². The number of nitrogens with one attached hydrogen (secondary N) is 1. The average Bonchev–Trinajstić information content (AvgIpc) is 3.40. The fourth-order valence-electron chi connectivity index (χ4n) is 4.42. The number of carbonyl (C=O) groups is 1. The Labute approximate surface area is 169 Å². The first-order chi connectivity index (χ1) is 14.1. The van der Waals surface area contributed by atoms with E-state index in [0.29, 0.717) is 18.5 Å². The standard InChI is InChI=1S/C22H22N6O/c1-15-12-24-20-19(15)21(26-14-25-20)27-8-9-28(22(13-27)6-7-22)18(29)10-16-2-4-17(11-23)5-3-16/h2-5,12,14H,6-10,13H2,1H3,(H,24,25,26). The van der Waals surface area contributed by atoms with Crippen molar-refractivity contribution in [3.8, 4) is 6.07 Å². The summed E-state index contributed by atoms with van der Waals surface area (Å²) in [6.07, 6.45) is 6.01. The molecule has 1 saturated carbocycles. The highest BCUT2D eigenvalue weighted by molar-refractivity contribution is 5.91. The second kappa shape index (κ2) is 6.59. The largest absolute Gasteiger partial charge is 0.352 e. The predicted octanol–water partition coefficient (Wildman–Crippen LogP) is 2.56. The van der Waals surface area contributed by atoms with Crippen LogP contribution in [0.25, 0.3) is 11.0 Å². The summed E-state index contributed by atoms with van der Waals surface area (Å²) in [7, 11) is 0. The summed E-state index contributed by atoms with van der Waals surface area (Å²) < 4.78 is 0. The molecule has 2 aliphatic rings. The highest BCUT2D eigenvalue weighted by Crippen LogP contribution is 2.45. The van der Waals surface area contributed by atoms with Crippen molar-refractivity contribution in [2.45, 2.75) is 31.7 Å². The van der Waals surface area contributed by atoms with Crippen LogP contribution in [0.1, 0.15) is 29.5 Å². The van der Waals surface area contributed by atoms with Crippen LogP contribution >= 0.6 is 0 Å². The van der Waals surface area contributed by atoms with Gasteiger partial charge in [-0.05, 0) is 43.0 Å². The van der Waals surface area contributed by atoms with Crippen molar-refractivity contribution in [2.75, 3.05) is 24.5 Å². The van der Waals surface area contributed by atoms with Gasteiger partial charge >= 0.3 is 0 Å². The molecule has 1 aromatic carbocycles. The monoisotopic (exact) mass is 386 g/mol. The number of anilines is 1. The number of rotatable bonds is 3. The van der Waals surface area contributed by atoms with Gasteiger partial charge in [-0.1, -0.05) is 12.1 Å². The number of piperazine rings is 1. The van der Waals surface area contributed by atoms with Gasteiger partial charge in [0, 0.05) is 25.8 Å². The molecule has 1 aliphatic heterocycles. The number of aromatic nitrogens is 3. The molecule has 2 fully saturated rings. The molecule has 5 rings (SSSR count). The summed E-state index contributed by atoms with van der Waals surface area (Å²) >= 11 is 0. The molecule has 0 atom stereocenters. The molecule has 1 saturated heterocycles. The van der Waals surface area contributed by atoms with Crippen molar-refractivity contribution in [3.05, 3.63) is 53.5 Å². The van der Waals surface area contributed by atoms with Crippen LogP contribution in [0.3, 0.4) is 0 Å². The van der Waals surface area contributed by atoms with Gasteiger partial charge in [0.15, 0.2) is 0 Å². The average molecular weight is 386 g/mol. The van der Waals surface area contributed by atoms with Gasteiger partial charge in [-0.3, -0.25) is 4.79 Å². The molecule has 1 aliphatic carbocycles. The number of aromatic amines is 1. The number of hydrogen-bond acceptors (Lipinski definition) is 5. The number of amides is 1. The van der Waals surface area contributed by atoms with Crippen LogP contribution in [0.5, 0.6) is 0 Å². The highest BCUT2D eigenvalue weighted by atomic mass is 16.2. The molecule has 1 N–H and O–H groups in total. The normalized spacial score (nSPS) is 17.5. The number of nitriles is 1. The SMILES string of the molecule is Cc1c[nH]c2ncnc(N3CCN(C(=O)Cc4ccc(C#N)cc4)C4(CC4)C3)c12. The first kappa shape index (κ1) is 17.7. The summed E-state index contributed by atoms with van der Waals surface area (Å²) in [5.74, 6) is 1.12. The second-order valence-electron chi connectivity index (χ2n) is 8.07. The zero-order valence-corrected chi connectivity index (χ0v) is 16.4. The lowest BCUT2D eigenvalue weighted by atomic mass is 10.1. The lowest BCUT2D eigenvalue weighted by Gasteiger charge is -2.43. The number of fused-ring (bicyclic) bond motifs is 1. The Morgan fingerprint density at radius 1 is 1.24 bits per heavy atom. The van der Waals surface area contributed by atoms with Gasteiger partial charge in [0.1, 0.15) is 17.8 Å². The van der Waals surface area contributed by atoms with Crippen molar-refractivity contribution in [1.82, 2.24) is 19.9 Å². The first-order valence-electron chi connectivity index (χ1n) is 9.93. The molecule has 7 heteroatoms. The molecule has 0 bridgehead atoms. The van der Waals surface area contributed by atoms with Crippen LogP contribution in [0.4, 0.5) is 5.82 Å². The number of H-pyrrole nitrogens is 1. The molecule has 1 spiro atoms. The van der Waals surface area contributed by atoms with Crippen molar-refractivity contribution in [2.24, 2.45) is 0 Å². The van der Waals surface area contributed by atoms with Gasteiger partial charge in [0.05, 0.1) is 29.0 Å². The minimum Gasteiger partial charge on any atom is -0.352 e. The van der Waals surface area contributed by atoms with Crippen LogP contribution < -0.4 is 4.90 Å². The van der Waals surface area contributed by atoms with E-state index in [-0.39, 0.29) is 11.4 Å². The Balaban J connectivity index is 1.35. The maximum Gasteiger partial charge on any atom is 0.227 e. The Morgan fingerprint density at radius 3 is 2.76 bits per heavy atom. The van der Waals surface area contributed by atoms with E-state index in [9.17, 15) is 4.79 Å². The van der Waals surface area contributed by atoms with Crippen LogP contribution in [0, 0.1) is 18.3 Å². The minimum absolute atomic E-state index is 0.0799. The highest BCUT2D eigenvalue weighted by Gasteiger charge is 2.53. The van der Waals surface area contributed by atoms with Gasteiger partial charge in [-0.2, -0.15) is 5.26 Å². The number of aryl methyl sites for hydroxylation is 1. The van der Waals surface area contributed by atoms with E-state index >= 15 is 0 Å². The zero-order chi connectivity index (χ0) is 20.0. The molecule has 7 nitrogen and oxygen atoms in total. The van der Waals surface area contributed by atoms with Gasteiger partial charge in [0.2, 0.25) is 5.91 Å². The van der Waals surface area contributed by atoms with E-state index in [1.54, 1.807) is 18.5 Å². The molecule has 3 heterocycles. The lowest BCUT2D eigenvalue weighted by molar-refractivity contribution is -0.134. The number of benzene rings is 1. The smallest absolute Gasteiger partial charge is 0.227 e. The first-order valence-corrected chi connectivity index (χ1v) is 9.93. The van der Waals surface area contributed by atoms with Crippen LogP contribution in [-0.4, -0.2) is 50.9 Å². The predicted molar refractivity (Wildman–Crippen MR) is 109 cm³/mol. The van der Waals surface area contributed by atoms with E-state index in [4.69, 9.17) is 5.26 Å². The second-order valence-corrected chi connectivity index (χ2v) is 8.07. The van der Waals surface area contributed by atoms with Gasteiger partial charge in [-0.15, -0.1) is 0 Å². The molecule has 1 amide bonds.